The van der Waals surface area contributed by atoms with E-state index in [1.54, 1.807) is 44.6 Å². The van der Waals surface area contributed by atoms with Crippen LogP contribution >= 0.6 is 0 Å². The molecule has 1 fully saturated rings. The Kier molecular flexibility index (Phi) is 5.96. The number of aromatic nitrogens is 5. The lowest BCUT2D eigenvalue weighted by Crippen LogP contribution is -2.43. The second-order valence-electron chi connectivity index (χ2n) is 10.3. The molecule has 5 aromatic rings. The van der Waals surface area contributed by atoms with Gasteiger partial charge in [0, 0.05) is 51.2 Å². The molecule has 0 atom stereocenters. The van der Waals surface area contributed by atoms with E-state index in [2.05, 4.69) is 33.7 Å². The maximum absolute atomic E-state index is 16.3. The van der Waals surface area contributed by atoms with Crippen molar-refractivity contribution in [2.24, 2.45) is 14.1 Å². The molecule has 0 spiro atoms. The van der Waals surface area contributed by atoms with Crippen LogP contribution in [-0.4, -0.2) is 61.6 Å². The van der Waals surface area contributed by atoms with Gasteiger partial charge >= 0.3 is 5.69 Å². The maximum atomic E-state index is 16.3. The van der Waals surface area contributed by atoms with Gasteiger partial charge in [0.05, 0.1) is 23.3 Å². The van der Waals surface area contributed by atoms with Gasteiger partial charge in [0.1, 0.15) is 11.2 Å². The van der Waals surface area contributed by atoms with Gasteiger partial charge in [-0.3, -0.25) is 13.5 Å². The Balaban J connectivity index is 1.61. The maximum Gasteiger partial charge on any atom is 0.328 e. The zero-order valence-electron chi connectivity index (χ0n) is 22.4. The highest BCUT2D eigenvalue weighted by Crippen LogP contribution is 2.39. The molecule has 1 aliphatic heterocycles. The highest BCUT2D eigenvalue weighted by molar-refractivity contribution is 5.95. The van der Waals surface area contributed by atoms with Crippen molar-refractivity contribution < 1.29 is 4.39 Å². The minimum Gasteiger partial charge on any atom is -0.342 e. The van der Waals surface area contributed by atoms with Gasteiger partial charge in [-0.15, -0.1) is 0 Å². The summed E-state index contributed by atoms with van der Waals surface area (Å²) in [5, 5.41) is 0. The molecule has 1 aliphatic rings. The second-order valence-corrected chi connectivity index (χ2v) is 10.3. The summed E-state index contributed by atoms with van der Waals surface area (Å²) < 4.78 is 21.0. The first-order valence-electron chi connectivity index (χ1n) is 12.9. The molecule has 9 nitrogen and oxygen atoms in total. The van der Waals surface area contributed by atoms with Crippen LogP contribution < -0.4 is 10.6 Å². The third kappa shape index (κ3) is 3.89. The van der Waals surface area contributed by atoms with Crippen molar-refractivity contribution in [3.8, 4) is 22.4 Å². The van der Waals surface area contributed by atoms with E-state index < -0.39 is 5.82 Å². The summed E-state index contributed by atoms with van der Waals surface area (Å²) in [5.41, 5.74) is 3.73. The lowest BCUT2D eigenvalue weighted by atomic mass is 9.98. The molecule has 1 saturated heterocycles. The van der Waals surface area contributed by atoms with E-state index in [9.17, 15) is 4.79 Å². The van der Waals surface area contributed by atoms with Gasteiger partial charge in [-0.25, -0.2) is 24.0 Å². The van der Waals surface area contributed by atoms with Crippen LogP contribution in [0.5, 0.6) is 0 Å². The number of rotatable bonds is 4. The molecular weight excluding hydrogens is 495 g/mol. The first-order valence-corrected chi connectivity index (χ1v) is 12.9. The summed E-state index contributed by atoms with van der Waals surface area (Å²) in [6, 6.07) is 11.1. The van der Waals surface area contributed by atoms with Crippen molar-refractivity contribution in [2.45, 2.75) is 18.9 Å². The molecule has 0 saturated carbocycles. The number of anilines is 1. The zero-order valence-corrected chi connectivity index (χ0v) is 22.4. The molecular formula is C29H29FN8O. The van der Waals surface area contributed by atoms with Crippen LogP contribution in [0.1, 0.15) is 12.8 Å². The van der Waals surface area contributed by atoms with E-state index in [-0.39, 0.29) is 11.2 Å². The fourth-order valence-corrected chi connectivity index (χ4v) is 5.68. The second kappa shape index (κ2) is 9.36. The van der Waals surface area contributed by atoms with Crippen molar-refractivity contribution in [3.05, 3.63) is 76.5 Å². The number of hydrogen-bond acceptors (Lipinski definition) is 5. The smallest absolute Gasteiger partial charge is 0.328 e. The SMILES string of the molecule is [C-]#[N+]c1ccc(-c2nc(N3CCC(N(C)C)CC3)n3ccnc3c2-c2ccc3c(c2F)n(C)c(=O)n3C)cc1. The summed E-state index contributed by atoms with van der Waals surface area (Å²) >= 11 is 0. The number of piperidine rings is 1. The molecule has 0 radical (unpaired) electrons. The summed E-state index contributed by atoms with van der Waals surface area (Å²) in [4.78, 5) is 30.5. The van der Waals surface area contributed by atoms with Crippen LogP contribution in [0.15, 0.2) is 53.6 Å². The van der Waals surface area contributed by atoms with E-state index in [0.29, 0.717) is 39.7 Å². The molecule has 10 heteroatoms. The molecule has 2 aromatic carbocycles. The van der Waals surface area contributed by atoms with Crippen molar-refractivity contribution >= 4 is 28.3 Å². The van der Waals surface area contributed by atoms with Crippen molar-refractivity contribution in [3.63, 3.8) is 0 Å². The van der Waals surface area contributed by atoms with Crippen LogP contribution in [-0.2, 0) is 14.1 Å². The molecule has 3 aromatic heterocycles. The Hall–Kier alpha value is -4.49. The van der Waals surface area contributed by atoms with Gasteiger partial charge in [-0.05, 0) is 44.6 Å². The number of halogens is 1. The first-order chi connectivity index (χ1) is 18.8. The van der Waals surface area contributed by atoms with Crippen molar-refractivity contribution in [1.29, 1.82) is 0 Å². The van der Waals surface area contributed by atoms with Gasteiger partial charge in [-0.2, -0.15) is 0 Å². The van der Waals surface area contributed by atoms with E-state index in [1.165, 1.54) is 9.13 Å². The normalized spacial score (nSPS) is 14.5. The number of fused-ring (bicyclic) bond motifs is 2. The summed E-state index contributed by atoms with van der Waals surface area (Å²) in [7, 11) is 7.43. The van der Waals surface area contributed by atoms with E-state index in [4.69, 9.17) is 11.6 Å². The minimum atomic E-state index is -0.502. The zero-order chi connectivity index (χ0) is 27.4. The number of hydrogen-bond donors (Lipinski definition) is 0. The minimum absolute atomic E-state index is 0.230. The number of benzene rings is 2. The van der Waals surface area contributed by atoms with Gasteiger partial charge in [-0.1, -0.05) is 24.3 Å². The highest BCUT2D eigenvalue weighted by Gasteiger charge is 2.28. The van der Waals surface area contributed by atoms with E-state index in [0.717, 1.165) is 37.4 Å². The Morgan fingerprint density at radius 2 is 1.77 bits per heavy atom. The summed E-state index contributed by atoms with van der Waals surface area (Å²) in [6.45, 7) is 9.02. The monoisotopic (exact) mass is 524 g/mol. The average Bonchev–Trinajstić information content (AvgIpc) is 3.53. The van der Waals surface area contributed by atoms with Gasteiger partial charge in [0.2, 0.25) is 5.95 Å². The van der Waals surface area contributed by atoms with Crippen LogP contribution in [0, 0.1) is 12.4 Å². The standard InChI is InChI=1S/C29H29FN8O/c1-31-19-8-6-18(7-9-19)25-23(21-10-11-22-26(24(21)30)36(5)29(39)35(22)4)27-32-14-17-38(27)28(33-25)37-15-12-20(13-16-37)34(2)3/h6-11,14,17,20H,12-13,15-16H2,2-5H3. The molecule has 0 N–H and O–H groups in total. The Morgan fingerprint density at radius 3 is 2.44 bits per heavy atom. The molecule has 0 amide bonds. The van der Waals surface area contributed by atoms with Gasteiger partial charge in [0.15, 0.2) is 11.5 Å². The number of imidazole rings is 2. The largest absolute Gasteiger partial charge is 0.342 e. The topological polar surface area (TPSA) is 68.0 Å². The molecule has 6 rings (SSSR count). The fraction of sp³-hybridized carbons (Fsp3) is 0.310. The van der Waals surface area contributed by atoms with Crippen molar-refractivity contribution in [1.82, 2.24) is 28.4 Å². The third-order valence-corrected chi connectivity index (χ3v) is 7.91. The summed E-state index contributed by atoms with van der Waals surface area (Å²) in [6.07, 6.45) is 5.58. The molecule has 4 heterocycles. The predicted octanol–water partition coefficient (Wildman–Crippen LogP) is 4.47. The van der Waals surface area contributed by atoms with Crippen LogP contribution in [0.25, 0.3) is 43.9 Å². The lowest BCUT2D eigenvalue weighted by molar-refractivity contribution is 0.249. The number of nitrogens with zero attached hydrogens (tertiary/aromatic N) is 8. The average molecular weight is 525 g/mol. The van der Waals surface area contributed by atoms with Crippen LogP contribution in [0.4, 0.5) is 16.0 Å². The quantitative estimate of drug-likeness (QED) is 0.325. The van der Waals surface area contributed by atoms with E-state index in [1.807, 2.05) is 22.7 Å². The van der Waals surface area contributed by atoms with Crippen LogP contribution in [0.3, 0.4) is 0 Å². The Bertz CT molecular complexity index is 1820. The van der Waals surface area contributed by atoms with Crippen LogP contribution in [0.2, 0.25) is 0 Å². The predicted molar refractivity (Wildman–Crippen MR) is 151 cm³/mol. The summed E-state index contributed by atoms with van der Waals surface area (Å²) in [5.74, 6) is 0.249. The third-order valence-electron chi connectivity index (χ3n) is 7.91. The molecule has 0 bridgehead atoms. The van der Waals surface area contributed by atoms with Gasteiger partial charge < -0.3 is 9.80 Å². The van der Waals surface area contributed by atoms with Gasteiger partial charge in [0.25, 0.3) is 0 Å². The Morgan fingerprint density at radius 1 is 1.05 bits per heavy atom. The molecule has 198 valence electrons. The van der Waals surface area contributed by atoms with Crippen molar-refractivity contribution in [2.75, 3.05) is 32.1 Å². The van der Waals surface area contributed by atoms with E-state index >= 15 is 4.39 Å². The molecule has 0 unspecified atom stereocenters. The number of aryl methyl sites for hydroxylation is 2. The lowest BCUT2D eigenvalue weighted by Gasteiger charge is -2.36. The first kappa shape index (κ1) is 24.8. The molecule has 39 heavy (non-hydrogen) atoms. The molecule has 0 aliphatic carbocycles. The Labute approximate surface area is 225 Å². The highest BCUT2D eigenvalue weighted by atomic mass is 19.1. The fourth-order valence-electron chi connectivity index (χ4n) is 5.68.